The highest BCUT2D eigenvalue weighted by molar-refractivity contribution is 5.85. The van der Waals surface area contributed by atoms with Gasteiger partial charge in [0.2, 0.25) is 0 Å². The van der Waals surface area contributed by atoms with Gasteiger partial charge in [-0.1, -0.05) is 18.2 Å². The largest absolute Gasteiger partial charge is 0.484 e. The van der Waals surface area contributed by atoms with Crippen LogP contribution in [0.15, 0.2) is 47.6 Å². The number of rotatable bonds is 8. The second kappa shape index (κ2) is 9.22. The van der Waals surface area contributed by atoms with Crippen molar-refractivity contribution in [2.24, 2.45) is 5.10 Å². The Labute approximate surface area is 151 Å². The Balaban J connectivity index is 1.88. The van der Waals surface area contributed by atoms with Gasteiger partial charge < -0.3 is 14.6 Å². The smallest absolute Gasteiger partial charge is 0.341 e. The Hall–Kier alpha value is -3.35. The quantitative estimate of drug-likeness (QED) is 0.559. The molecule has 2 rings (SSSR count). The third kappa shape index (κ3) is 6.27. The van der Waals surface area contributed by atoms with Gasteiger partial charge in [0.1, 0.15) is 11.5 Å². The number of benzene rings is 2. The summed E-state index contributed by atoms with van der Waals surface area (Å²) in [7, 11) is 0. The minimum atomic E-state index is -1.08. The Bertz CT molecular complexity index is 797. The molecule has 2 aromatic carbocycles. The van der Waals surface area contributed by atoms with Gasteiger partial charge in [0.05, 0.1) is 6.21 Å². The van der Waals surface area contributed by atoms with E-state index in [4.69, 9.17) is 14.6 Å². The molecule has 0 bridgehead atoms. The number of hydrogen-bond donors (Lipinski definition) is 2. The van der Waals surface area contributed by atoms with Crippen molar-refractivity contribution in [3.63, 3.8) is 0 Å². The molecule has 0 heterocycles. The van der Waals surface area contributed by atoms with E-state index in [2.05, 4.69) is 10.5 Å². The number of carboxylic acids is 1. The molecule has 0 aromatic heterocycles. The molecule has 7 nitrogen and oxygen atoms in total. The molecular formula is C19H20N2O5. The van der Waals surface area contributed by atoms with Crippen LogP contribution in [-0.2, 0) is 9.59 Å². The lowest BCUT2D eigenvalue weighted by atomic mass is 10.1. The fourth-order valence-corrected chi connectivity index (χ4v) is 2.23. The Morgan fingerprint density at radius 2 is 1.77 bits per heavy atom. The van der Waals surface area contributed by atoms with Crippen molar-refractivity contribution >= 4 is 18.1 Å². The average molecular weight is 356 g/mol. The predicted molar refractivity (Wildman–Crippen MR) is 96.7 cm³/mol. The van der Waals surface area contributed by atoms with Gasteiger partial charge in [-0.3, -0.25) is 4.79 Å². The maximum Gasteiger partial charge on any atom is 0.341 e. The molecule has 0 radical (unpaired) electrons. The van der Waals surface area contributed by atoms with Crippen LogP contribution in [0.3, 0.4) is 0 Å². The molecule has 0 aliphatic carbocycles. The number of nitrogens with one attached hydrogen (secondary N) is 1. The van der Waals surface area contributed by atoms with Crippen LogP contribution in [0.2, 0.25) is 0 Å². The predicted octanol–water partition coefficient (Wildman–Crippen LogP) is 2.30. The lowest BCUT2D eigenvalue weighted by molar-refractivity contribution is -0.139. The summed E-state index contributed by atoms with van der Waals surface area (Å²) >= 11 is 0. The highest BCUT2D eigenvalue weighted by atomic mass is 16.5. The molecule has 136 valence electrons. The highest BCUT2D eigenvalue weighted by Crippen LogP contribution is 2.16. The van der Waals surface area contributed by atoms with E-state index in [1.54, 1.807) is 24.3 Å². The van der Waals surface area contributed by atoms with E-state index in [-0.39, 0.29) is 6.61 Å². The van der Waals surface area contributed by atoms with Crippen molar-refractivity contribution in [2.45, 2.75) is 13.8 Å². The van der Waals surface area contributed by atoms with Crippen molar-refractivity contribution < 1.29 is 24.2 Å². The SMILES string of the molecule is Cc1cc(C)cc(OCC(=O)N/N=C\c2ccccc2OCC(=O)O)c1. The first-order valence-electron chi connectivity index (χ1n) is 7.90. The molecule has 1 amide bonds. The van der Waals surface area contributed by atoms with Crippen molar-refractivity contribution in [3.8, 4) is 11.5 Å². The summed E-state index contributed by atoms with van der Waals surface area (Å²) in [5.41, 5.74) is 5.01. The van der Waals surface area contributed by atoms with Crippen LogP contribution in [0.1, 0.15) is 16.7 Å². The molecule has 0 fully saturated rings. The van der Waals surface area contributed by atoms with Crippen LogP contribution in [0.5, 0.6) is 11.5 Å². The molecule has 26 heavy (non-hydrogen) atoms. The third-order valence-corrected chi connectivity index (χ3v) is 3.23. The van der Waals surface area contributed by atoms with Gasteiger partial charge in [0, 0.05) is 5.56 Å². The third-order valence-electron chi connectivity index (χ3n) is 3.23. The summed E-state index contributed by atoms with van der Waals surface area (Å²) in [5, 5.41) is 12.5. The van der Waals surface area contributed by atoms with Crippen LogP contribution < -0.4 is 14.9 Å². The van der Waals surface area contributed by atoms with Gasteiger partial charge in [-0.2, -0.15) is 5.10 Å². The number of hydrazone groups is 1. The monoisotopic (exact) mass is 356 g/mol. The topological polar surface area (TPSA) is 97.2 Å². The number of carboxylic acid groups (broad SMARTS) is 1. The van der Waals surface area contributed by atoms with E-state index in [0.717, 1.165) is 11.1 Å². The van der Waals surface area contributed by atoms with Gasteiger partial charge in [0.15, 0.2) is 13.2 Å². The molecular weight excluding hydrogens is 336 g/mol. The van der Waals surface area contributed by atoms with Gasteiger partial charge in [0.25, 0.3) is 5.91 Å². The van der Waals surface area contributed by atoms with E-state index in [1.165, 1.54) is 6.21 Å². The lowest BCUT2D eigenvalue weighted by Gasteiger charge is -2.08. The molecule has 0 spiro atoms. The zero-order valence-electron chi connectivity index (χ0n) is 14.6. The van der Waals surface area contributed by atoms with Gasteiger partial charge in [-0.05, 0) is 49.2 Å². The fourth-order valence-electron chi connectivity index (χ4n) is 2.23. The summed E-state index contributed by atoms with van der Waals surface area (Å²) in [6.07, 6.45) is 1.38. The van der Waals surface area contributed by atoms with Crippen molar-refractivity contribution in [3.05, 3.63) is 59.2 Å². The van der Waals surface area contributed by atoms with Crippen molar-refractivity contribution in [1.82, 2.24) is 5.43 Å². The zero-order valence-corrected chi connectivity index (χ0v) is 14.6. The van der Waals surface area contributed by atoms with E-state index < -0.39 is 18.5 Å². The number of nitrogens with zero attached hydrogens (tertiary/aromatic N) is 1. The maximum atomic E-state index is 11.8. The van der Waals surface area contributed by atoms with Gasteiger partial charge in [-0.25, -0.2) is 10.2 Å². The minimum absolute atomic E-state index is 0.169. The normalized spacial score (nSPS) is 10.5. The summed E-state index contributed by atoms with van der Waals surface area (Å²) in [6.45, 7) is 3.28. The van der Waals surface area contributed by atoms with E-state index in [0.29, 0.717) is 17.1 Å². The molecule has 0 saturated carbocycles. The van der Waals surface area contributed by atoms with Crippen LogP contribution in [-0.4, -0.2) is 36.4 Å². The first kappa shape index (κ1) is 19.0. The Morgan fingerprint density at radius 1 is 1.08 bits per heavy atom. The van der Waals surface area contributed by atoms with Gasteiger partial charge >= 0.3 is 5.97 Å². The molecule has 2 aromatic rings. The fraction of sp³-hybridized carbons (Fsp3) is 0.211. The van der Waals surface area contributed by atoms with Crippen molar-refractivity contribution in [2.75, 3.05) is 13.2 Å². The highest BCUT2D eigenvalue weighted by Gasteiger charge is 2.05. The summed E-state index contributed by atoms with van der Waals surface area (Å²) in [5.74, 6) is -0.508. The summed E-state index contributed by atoms with van der Waals surface area (Å²) < 4.78 is 10.6. The minimum Gasteiger partial charge on any atom is -0.484 e. The molecule has 0 atom stereocenters. The molecule has 2 N–H and O–H groups in total. The number of amides is 1. The first-order valence-corrected chi connectivity index (χ1v) is 7.90. The molecule has 0 saturated heterocycles. The molecule has 7 heteroatoms. The number of carbonyl (C=O) groups excluding carboxylic acids is 1. The zero-order chi connectivity index (χ0) is 18.9. The number of para-hydroxylation sites is 1. The number of ether oxygens (including phenoxy) is 2. The maximum absolute atomic E-state index is 11.8. The Kier molecular flexibility index (Phi) is 6.73. The van der Waals surface area contributed by atoms with Crippen LogP contribution in [0.25, 0.3) is 0 Å². The molecule has 0 aliphatic rings. The number of hydrogen-bond acceptors (Lipinski definition) is 5. The number of carbonyl (C=O) groups is 2. The van der Waals surface area contributed by atoms with E-state index in [9.17, 15) is 9.59 Å². The molecule has 0 unspecified atom stereocenters. The van der Waals surface area contributed by atoms with E-state index >= 15 is 0 Å². The van der Waals surface area contributed by atoms with E-state index in [1.807, 2.05) is 32.0 Å². The molecule has 0 aliphatic heterocycles. The van der Waals surface area contributed by atoms with Crippen molar-refractivity contribution in [1.29, 1.82) is 0 Å². The van der Waals surface area contributed by atoms with Crippen LogP contribution in [0.4, 0.5) is 0 Å². The average Bonchev–Trinajstić information content (AvgIpc) is 2.58. The summed E-state index contributed by atoms with van der Waals surface area (Å²) in [4.78, 5) is 22.4. The standard InChI is InChI=1S/C19H20N2O5/c1-13-7-14(2)9-16(8-13)25-11-18(22)21-20-10-15-5-3-4-6-17(15)26-12-19(23)24/h3-10H,11-12H2,1-2H3,(H,21,22)(H,23,24)/b20-10-. The van der Waals surface area contributed by atoms with Crippen LogP contribution in [0, 0.1) is 13.8 Å². The second-order valence-corrected chi connectivity index (χ2v) is 5.63. The Morgan fingerprint density at radius 3 is 2.46 bits per heavy atom. The lowest BCUT2D eigenvalue weighted by Crippen LogP contribution is -2.24. The van der Waals surface area contributed by atoms with Gasteiger partial charge in [-0.15, -0.1) is 0 Å². The number of aryl methyl sites for hydroxylation is 2. The first-order chi connectivity index (χ1) is 12.4. The second-order valence-electron chi connectivity index (χ2n) is 5.63. The van der Waals surface area contributed by atoms with Crippen LogP contribution >= 0.6 is 0 Å². The summed E-state index contributed by atoms with van der Waals surface area (Å²) in [6, 6.07) is 12.5. The number of aliphatic carboxylic acids is 1.